The van der Waals surface area contributed by atoms with E-state index in [1.807, 2.05) is 0 Å². The summed E-state index contributed by atoms with van der Waals surface area (Å²) in [6.07, 6.45) is 6.78. The Morgan fingerprint density at radius 2 is 2.21 bits per heavy atom. The molecular formula is C11H20N2O. The van der Waals surface area contributed by atoms with E-state index in [2.05, 4.69) is 11.9 Å². The van der Waals surface area contributed by atoms with Crippen molar-refractivity contribution in [1.82, 2.24) is 10.2 Å². The molecule has 14 heavy (non-hydrogen) atoms. The molecule has 0 aromatic rings. The zero-order valence-electron chi connectivity index (χ0n) is 8.96. The summed E-state index contributed by atoms with van der Waals surface area (Å²) in [4.78, 5) is 13.2. The molecule has 1 fully saturated rings. The summed E-state index contributed by atoms with van der Waals surface area (Å²) in [5.41, 5.74) is 0. The van der Waals surface area contributed by atoms with Gasteiger partial charge >= 0.3 is 0 Å². The third-order valence-corrected chi connectivity index (χ3v) is 2.73. The van der Waals surface area contributed by atoms with Gasteiger partial charge in [-0.05, 0) is 12.8 Å². The maximum Gasteiger partial charge on any atom is 0.236 e. The first-order chi connectivity index (χ1) is 6.74. The zero-order chi connectivity index (χ0) is 10.4. The van der Waals surface area contributed by atoms with Gasteiger partial charge in [0.15, 0.2) is 0 Å². The molecule has 3 nitrogen and oxygen atoms in total. The SMILES string of the molecule is C=CCN(C)C(=O)CNC1CCCC1. The van der Waals surface area contributed by atoms with Crippen LogP contribution in [0.1, 0.15) is 25.7 Å². The summed E-state index contributed by atoms with van der Waals surface area (Å²) in [7, 11) is 1.81. The molecule has 1 aliphatic rings. The van der Waals surface area contributed by atoms with Crippen LogP contribution in [0.5, 0.6) is 0 Å². The Kier molecular flexibility index (Phi) is 4.66. The third kappa shape index (κ3) is 3.50. The van der Waals surface area contributed by atoms with Gasteiger partial charge in [-0.25, -0.2) is 0 Å². The predicted molar refractivity (Wildman–Crippen MR) is 58.1 cm³/mol. The summed E-state index contributed by atoms with van der Waals surface area (Å²) in [5, 5.41) is 3.30. The third-order valence-electron chi connectivity index (χ3n) is 2.73. The maximum atomic E-state index is 11.5. The van der Waals surface area contributed by atoms with Crippen LogP contribution in [-0.2, 0) is 4.79 Å². The highest BCUT2D eigenvalue weighted by atomic mass is 16.2. The van der Waals surface area contributed by atoms with Crippen LogP contribution in [0.4, 0.5) is 0 Å². The lowest BCUT2D eigenvalue weighted by Crippen LogP contribution is -2.39. The van der Waals surface area contributed by atoms with Crippen molar-refractivity contribution in [3.8, 4) is 0 Å². The highest BCUT2D eigenvalue weighted by Crippen LogP contribution is 2.17. The number of hydrogen-bond acceptors (Lipinski definition) is 2. The van der Waals surface area contributed by atoms with Crippen molar-refractivity contribution in [2.45, 2.75) is 31.7 Å². The van der Waals surface area contributed by atoms with Crippen molar-refractivity contribution in [2.24, 2.45) is 0 Å². The van der Waals surface area contributed by atoms with Crippen LogP contribution in [0.15, 0.2) is 12.7 Å². The van der Waals surface area contributed by atoms with Gasteiger partial charge in [-0.3, -0.25) is 4.79 Å². The molecule has 1 amide bonds. The second-order valence-corrected chi connectivity index (χ2v) is 3.93. The van der Waals surface area contributed by atoms with Gasteiger partial charge < -0.3 is 10.2 Å². The van der Waals surface area contributed by atoms with E-state index in [0.717, 1.165) is 0 Å². The number of hydrogen-bond donors (Lipinski definition) is 1. The molecule has 1 aliphatic carbocycles. The molecule has 1 saturated carbocycles. The molecule has 0 spiro atoms. The fourth-order valence-corrected chi connectivity index (χ4v) is 1.79. The van der Waals surface area contributed by atoms with Crippen LogP contribution in [0.3, 0.4) is 0 Å². The van der Waals surface area contributed by atoms with Gasteiger partial charge in [0, 0.05) is 19.6 Å². The van der Waals surface area contributed by atoms with Gasteiger partial charge in [0.25, 0.3) is 0 Å². The first-order valence-electron chi connectivity index (χ1n) is 5.32. The Bertz CT molecular complexity index is 197. The molecule has 3 heteroatoms. The molecule has 80 valence electrons. The quantitative estimate of drug-likeness (QED) is 0.669. The minimum Gasteiger partial charge on any atom is -0.341 e. The molecular weight excluding hydrogens is 176 g/mol. The molecule has 1 rings (SSSR count). The van der Waals surface area contributed by atoms with E-state index in [1.54, 1.807) is 18.0 Å². The van der Waals surface area contributed by atoms with Crippen molar-refractivity contribution in [1.29, 1.82) is 0 Å². The molecule has 0 radical (unpaired) electrons. The molecule has 0 heterocycles. The number of carbonyl (C=O) groups excluding carboxylic acids is 1. The zero-order valence-corrected chi connectivity index (χ0v) is 8.96. The van der Waals surface area contributed by atoms with E-state index in [1.165, 1.54) is 25.7 Å². The fourth-order valence-electron chi connectivity index (χ4n) is 1.79. The van der Waals surface area contributed by atoms with Gasteiger partial charge in [0.05, 0.1) is 6.54 Å². The number of carbonyl (C=O) groups is 1. The number of rotatable bonds is 5. The van der Waals surface area contributed by atoms with E-state index < -0.39 is 0 Å². The van der Waals surface area contributed by atoms with Crippen LogP contribution in [0, 0.1) is 0 Å². The lowest BCUT2D eigenvalue weighted by Gasteiger charge is -2.17. The number of nitrogens with one attached hydrogen (secondary N) is 1. The average molecular weight is 196 g/mol. The van der Waals surface area contributed by atoms with Crippen LogP contribution in [0.2, 0.25) is 0 Å². The predicted octanol–water partition coefficient (Wildman–Crippen LogP) is 1.16. The Hall–Kier alpha value is -0.830. The standard InChI is InChI=1S/C11H20N2O/c1-3-8-13(2)11(14)9-12-10-6-4-5-7-10/h3,10,12H,1,4-9H2,2H3. The Morgan fingerprint density at radius 1 is 1.57 bits per heavy atom. The second kappa shape index (κ2) is 5.81. The van der Waals surface area contributed by atoms with Crippen LogP contribution in [-0.4, -0.2) is 37.0 Å². The van der Waals surface area contributed by atoms with E-state index in [9.17, 15) is 4.79 Å². The van der Waals surface area contributed by atoms with Crippen LogP contribution in [0.25, 0.3) is 0 Å². The molecule has 0 aromatic carbocycles. The summed E-state index contributed by atoms with van der Waals surface area (Å²) >= 11 is 0. The Morgan fingerprint density at radius 3 is 2.79 bits per heavy atom. The molecule has 0 aromatic heterocycles. The molecule has 0 saturated heterocycles. The van der Waals surface area contributed by atoms with Crippen molar-refractivity contribution < 1.29 is 4.79 Å². The minimum absolute atomic E-state index is 0.150. The largest absolute Gasteiger partial charge is 0.341 e. The molecule has 0 bridgehead atoms. The van der Waals surface area contributed by atoms with Crippen molar-refractivity contribution in [3.63, 3.8) is 0 Å². The van der Waals surface area contributed by atoms with Gasteiger partial charge in [0.1, 0.15) is 0 Å². The lowest BCUT2D eigenvalue weighted by atomic mass is 10.2. The topological polar surface area (TPSA) is 32.3 Å². The van der Waals surface area contributed by atoms with Gasteiger partial charge in [-0.2, -0.15) is 0 Å². The van der Waals surface area contributed by atoms with Crippen molar-refractivity contribution in [3.05, 3.63) is 12.7 Å². The number of amides is 1. The molecule has 0 unspecified atom stereocenters. The van der Waals surface area contributed by atoms with Gasteiger partial charge in [-0.1, -0.05) is 18.9 Å². The average Bonchev–Trinajstić information content (AvgIpc) is 2.67. The molecule has 1 N–H and O–H groups in total. The number of nitrogens with zero attached hydrogens (tertiary/aromatic N) is 1. The highest BCUT2D eigenvalue weighted by Gasteiger charge is 2.16. The summed E-state index contributed by atoms with van der Waals surface area (Å²) < 4.78 is 0. The fraction of sp³-hybridized carbons (Fsp3) is 0.727. The van der Waals surface area contributed by atoms with E-state index in [-0.39, 0.29) is 5.91 Å². The van der Waals surface area contributed by atoms with Crippen molar-refractivity contribution in [2.75, 3.05) is 20.1 Å². The summed E-state index contributed by atoms with van der Waals surface area (Å²) in [6.45, 7) is 4.70. The monoisotopic (exact) mass is 196 g/mol. The van der Waals surface area contributed by atoms with E-state index in [0.29, 0.717) is 19.1 Å². The molecule has 0 atom stereocenters. The number of likely N-dealkylation sites (N-methyl/N-ethyl adjacent to an activating group) is 1. The Labute approximate surface area is 86.2 Å². The molecule has 0 aliphatic heterocycles. The normalized spacial score (nSPS) is 16.9. The smallest absolute Gasteiger partial charge is 0.236 e. The van der Waals surface area contributed by atoms with Gasteiger partial charge in [-0.15, -0.1) is 6.58 Å². The van der Waals surface area contributed by atoms with E-state index >= 15 is 0 Å². The first-order valence-corrected chi connectivity index (χ1v) is 5.32. The van der Waals surface area contributed by atoms with Gasteiger partial charge in [0.2, 0.25) is 5.91 Å². The summed E-state index contributed by atoms with van der Waals surface area (Å²) in [6, 6.07) is 0.566. The lowest BCUT2D eigenvalue weighted by molar-refractivity contribution is -0.128. The second-order valence-electron chi connectivity index (χ2n) is 3.93. The van der Waals surface area contributed by atoms with E-state index in [4.69, 9.17) is 0 Å². The van der Waals surface area contributed by atoms with Crippen LogP contribution >= 0.6 is 0 Å². The van der Waals surface area contributed by atoms with Crippen molar-refractivity contribution >= 4 is 5.91 Å². The van der Waals surface area contributed by atoms with Crippen LogP contribution < -0.4 is 5.32 Å². The summed E-state index contributed by atoms with van der Waals surface area (Å²) in [5.74, 6) is 0.150. The minimum atomic E-state index is 0.150. The Balaban J connectivity index is 2.16. The highest BCUT2D eigenvalue weighted by molar-refractivity contribution is 5.78. The first kappa shape index (κ1) is 11.2. The maximum absolute atomic E-state index is 11.5.